The van der Waals surface area contributed by atoms with Crippen molar-refractivity contribution in [2.24, 2.45) is 0 Å². The number of fused-ring (bicyclic) bond motifs is 1. The van der Waals surface area contributed by atoms with Crippen molar-refractivity contribution in [3.05, 3.63) is 39.4 Å². The summed E-state index contributed by atoms with van der Waals surface area (Å²) in [5, 5.41) is 23.6. The van der Waals surface area contributed by atoms with Crippen LogP contribution in [0.5, 0.6) is 0 Å². The molecular weight excluding hydrogens is 430 g/mol. The zero-order valence-electron chi connectivity index (χ0n) is 17.5. The Hall–Kier alpha value is -2.54. The van der Waals surface area contributed by atoms with Crippen molar-refractivity contribution in [1.29, 1.82) is 5.26 Å². The number of rotatable bonds is 8. The zero-order valence-corrected chi connectivity index (χ0v) is 19.2. The fraction of sp³-hybridized carbons (Fsp3) is 0.455. The van der Waals surface area contributed by atoms with Crippen LogP contribution >= 0.6 is 22.7 Å². The largest absolute Gasteiger partial charge is 0.419 e. The molecule has 0 saturated carbocycles. The van der Waals surface area contributed by atoms with Gasteiger partial charge in [0.05, 0.1) is 23.5 Å². The maximum atomic E-state index is 12.8. The number of amides is 1. The van der Waals surface area contributed by atoms with E-state index in [2.05, 4.69) is 28.5 Å². The molecule has 0 unspecified atom stereocenters. The fourth-order valence-corrected chi connectivity index (χ4v) is 5.76. The molecule has 1 N–H and O–H groups in total. The third kappa shape index (κ3) is 5.21. The van der Waals surface area contributed by atoms with E-state index in [1.54, 1.807) is 22.7 Å². The normalized spacial score (nSPS) is 13.6. The molecule has 0 bridgehead atoms. The molecule has 9 heteroatoms. The first kappa shape index (κ1) is 21.7. The molecule has 162 valence electrons. The minimum Gasteiger partial charge on any atom is -0.419 e. The number of hydrogen-bond acceptors (Lipinski definition) is 8. The number of nitrogens with one attached hydrogen (secondary N) is 1. The van der Waals surface area contributed by atoms with Crippen LogP contribution in [0.3, 0.4) is 0 Å². The van der Waals surface area contributed by atoms with Gasteiger partial charge in [-0.3, -0.25) is 9.69 Å². The van der Waals surface area contributed by atoms with Crippen LogP contribution in [0.4, 0.5) is 5.00 Å². The number of carbonyl (C=O) groups is 1. The van der Waals surface area contributed by atoms with Crippen LogP contribution in [-0.4, -0.2) is 34.1 Å². The number of nitriles is 1. The average Bonchev–Trinajstić information content (AvgIpc) is 3.46. The molecule has 1 amide bonds. The summed E-state index contributed by atoms with van der Waals surface area (Å²) >= 11 is 3.11. The van der Waals surface area contributed by atoms with Crippen LogP contribution in [0, 0.1) is 11.3 Å². The van der Waals surface area contributed by atoms with Gasteiger partial charge in [-0.25, -0.2) is 0 Å². The summed E-state index contributed by atoms with van der Waals surface area (Å²) in [6, 6.07) is 6.20. The van der Waals surface area contributed by atoms with Gasteiger partial charge >= 0.3 is 0 Å². The Bertz CT molecular complexity index is 1060. The van der Waals surface area contributed by atoms with Crippen molar-refractivity contribution >= 4 is 33.6 Å². The van der Waals surface area contributed by atoms with Crippen molar-refractivity contribution in [1.82, 2.24) is 15.1 Å². The topological polar surface area (TPSA) is 95.1 Å². The number of hydrogen-bond donors (Lipinski definition) is 1. The Morgan fingerprint density at radius 3 is 2.97 bits per heavy atom. The number of nitrogens with zero attached hydrogens (tertiary/aromatic N) is 4. The molecule has 0 spiro atoms. The predicted octanol–water partition coefficient (Wildman–Crippen LogP) is 4.85. The standard InChI is InChI=1S/C22H25N5O2S2/c1-2-10-27(14-20-25-26-21(29-20)18-9-6-11-30-18)13-19(28)24-22-16(12-23)15-7-4-3-5-8-17(15)31-22/h6,9,11H,2-5,7-8,10,13-14H2,1H3,(H,24,28). The molecular formula is C22H25N5O2S2. The Balaban J connectivity index is 1.42. The molecule has 3 aromatic rings. The summed E-state index contributed by atoms with van der Waals surface area (Å²) in [6.07, 6.45) is 6.27. The molecule has 1 aliphatic rings. The first-order chi connectivity index (χ1) is 15.2. The van der Waals surface area contributed by atoms with Gasteiger partial charge < -0.3 is 9.73 Å². The van der Waals surface area contributed by atoms with Gasteiger partial charge in [0.25, 0.3) is 5.89 Å². The molecule has 0 fully saturated rings. The second-order valence-corrected chi connectivity index (χ2v) is 9.67. The molecule has 0 atom stereocenters. The SMILES string of the molecule is CCCN(CC(=O)Nc1sc2c(c1C#N)CCCCC2)Cc1nnc(-c2cccs2)o1. The summed E-state index contributed by atoms with van der Waals surface area (Å²) in [4.78, 5) is 17.0. The highest BCUT2D eigenvalue weighted by atomic mass is 32.1. The molecule has 0 aromatic carbocycles. The van der Waals surface area contributed by atoms with Crippen LogP contribution < -0.4 is 5.32 Å². The number of aromatic nitrogens is 2. The molecule has 0 aliphatic heterocycles. The molecule has 0 radical (unpaired) electrons. The monoisotopic (exact) mass is 455 g/mol. The lowest BCUT2D eigenvalue weighted by Gasteiger charge is -2.18. The van der Waals surface area contributed by atoms with E-state index in [9.17, 15) is 10.1 Å². The Morgan fingerprint density at radius 2 is 2.19 bits per heavy atom. The van der Waals surface area contributed by atoms with Gasteiger partial charge in [-0.1, -0.05) is 19.4 Å². The van der Waals surface area contributed by atoms with E-state index in [0.29, 0.717) is 28.9 Å². The summed E-state index contributed by atoms with van der Waals surface area (Å²) in [5.41, 5.74) is 1.78. The summed E-state index contributed by atoms with van der Waals surface area (Å²) < 4.78 is 5.78. The van der Waals surface area contributed by atoms with E-state index >= 15 is 0 Å². The molecule has 1 aliphatic carbocycles. The quantitative estimate of drug-likeness (QED) is 0.488. The van der Waals surface area contributed by atoms with Crippen LogP contribution in [0.1, 0.15) is 54.5 Å². The molecule has 4 rings (SSSR count). The maximum Gasteiger partial charge on any atom is 0.257 e. The van der Waals surface area contributed by atoms with Gasteiger partial charge in [0.2, 0.25) is 11.8 Å². The minimum atomic E-state index is -0.126. The summed E-state index contributed by atoms with van der Waals surface area (Å²) in [7, 11) is 0. The minimum absolute atomic E-state index is 0.126. The van der Waals surface area contributed by atoms with Crippen molar-refractivity contribution in [2.75, 3.05) is 18.4 Å². The smallest absolute Gasteiger partial charge is 0.257 e. The first-order valence-electron chi connectivity index (χ1n) is 10.6. The predicted molar refractivity (Wildman–Crippen MR) is 122 cm³/mol. The second kappa shape index (κ2) is 10.2. The van der Waals surface area contributed by atoms with Crippen molar-refractivity contribution in [3.63, 3.8) is 0 Å². The highest BCUT2D eigenvalue weighted by Gasteiger charge is 2.22. The molecule has 31 heavy (non-hydrogen) atoms. The number of thiophene rings is 2. The zero-order chi connectivity index (χ0) is 21.6. The molecule has 3 aromatic heterocycles. The van der Waals surface area contributed by atoms with E-state index in [1.807, 2.05) is 22.4 Å². The fourth-order valence-electron chi connectivity index (χ4n) is 3.86. The Kier molecular flexibility index (Phi) is 7.12. The van der Waals surface area contributed by atoms with E-state index in [-0.39, 0.29) is 12.5 Å². The lowest BCUT2D eigenvalue weighted by atomic mass is 10.1. The van der Waals surface area contributed by atoms with Gasteiger partial charge in [0.1, 0.15) is 11.1 Å². The van der Waals surface area contributed by atoms with E-state index < -0.39 is 0 Å². The maximum absolute atomic E-state index is 12.8. The van der Waals surface area contributed by atoms with Crippen LogP contribution in [0.15, 0.2) is 21.9 Å². The summed E-state index contributed by atoms with van der Waals surface area (Å²) in [5.74, 6) is 0.870. The van der Waals surface area contributed by atoms with E-state index in [4.69, 9.17) is 4.42 Å². The average molecular weight is 456 g/mol. The van der Waals surface area contributed by atoms with Crippen LogP contribution in [0.2, 0.25) is 0 Å². The van der Waals surface area contributed by atoms with Gasteiger partial charge in [-0.15, -0.1) is 32.9 Å². The first-order valence-corrected chi connectivity index (χ1v) is 12.3. The van der Waals surface area contributed by atoms with E-state index in [0.717, 1.165) is 49.1 Å². The highest BCUT2D eigenvalue weighted by Crippen LogP contribution is 2.37. The highest BCUT2D eigenvalue weighted by molar-refractivity contribution is 7.16. The van der Waals surface area contributed by atoms with E-state index in [1.165, 1.54) is 11.3 Å². The number of anilines is 1. The molecule has 7 nitrogen and oxygen atoms in total. The summed E-state index contributed by atoms with van der Waals surface area (Å²) in [6.45, 7) is 3.42. The Labute approximate surface area is 189 Å². The van der Waals surface area contributed by atoms with Crippen molar-refractivity contribution in [2.45, 2.75) is 52.0 Å². The number of carbonyl (C=O) groups excluding carboxylic acids is 1. The second-order valence-electron chi connectivity index (χ2n) is 7.62. The van der Waals surface area contributed by atoms with Crippen molar-refractivity contribution in [3.8, 4) is 16.8 Å². The van der Waals surface area contributed by atoms with Gasteiger partial charge in [0, 0.05) is 4.88 Å². The van der Waals surface area contributed by atoms with Gasteiger partial charge in [0.15, 0.2) is 0 Å². The van der Waals surface area contributed by atoms with Crippen LogP contribution in [-0.2, 0) is 24.2 Å². The Morgan fingerprint density at radius 1 is 1.32 bits per heavy atom. The van der Waals surface area contributed by atoms with Crippen molar-refractivity contribution < 1.29 is 9.21 Å². The molecule has 0 saturated heterocycles. The lowest BCUT2D eigenvalue weighted by Crippen LogP contribution is -2.33. The lowest BCUT2D eigenvalue weighted by molar-refractivity contribution is -0.117. The number of aryl methyl sites for hydroxylation is 1. The van der Waals surface area contributed by atoms with Gasteiger partial charge in [-0.2, -0.15) is 5.26 Å². The third-order valence-electron chi connectivity index (χ3n) is 5.25. The molecule has 3 heterocycles. The van der Waals surface area contributed by atoms with Gasteiger partial charge in [-0.05, 0) is 55.7 Å². The van der Waals surface area contributed by atoms with Crippen LogP contribution in [0.25, 0.3) is 10.8 Å². The third-order valence-corrected chi connectivity index (χ3v) is 7.32.